The molecule has 0 amide bonds. The molecular weight excluding hydrogens is 186 g/mol. The highest BCUT2D eigenvalue weighted by Crippen LogP contribution is 2.08. The Morgan fingerprint density at radius 2 is 1.69 bits per heavy atom. The Hall–Kier alpha value is -0.870. The van der Waals surface area contributed by atoms with E-state index in [9.17, 15) is 8.42 Å². The van der Waals surface area contributed by atoms with Crippen LogP contribution in [-0.4, -0.2) is 8.42 Å². The van der Waals surface area contributed by atoms with Crippen LogP contribution in [-0.2, 0) is 17.4 Å². The van der Waals surface area contributed by atoms with Gasteiger partial charge in [-0.25, -0.2) is 13.1 Å². The van der Waals surface area contributed by atoms with E-state index in [1.807, 2.05) is 26.0 Å². The average molecular weight is 199 g/mol. The second-order valence-electron chi connectivity index (χ2n) is 3.09. The van der Waals surface area contributed by atoms with Crippen LogP contribution in [0.3, 0.4) is 0 Å². The predicted octanol–water partition coefficient (Wildman–Crippen LogP) is 0.919. The maximum absolute atomic E-state index is 10.3. The van der Waals surface area contributed by atoms with Gasteiger partial charge in [-0.2, -0.15) is 0 Å². The predicted molar refractivity (Wildman–Crippen MR) is 53.1 cm³/mol. The smallest absolute Gasteiger partial charge is 0.201 e. The molecule has 0 aromatic heterocycles. The molecule has 0 aliphatic carbocycles. The Kier molecular flexibility index (Phi) is 3.45. The van der Waals surface area contributed by atoms with Crippen LogP contribution < -0.4 is 4.72 Å². The molecule has 0 heterocycles. The molecular formula is C9H13NO2S. The van der Waals surface area contributed by atoms with Crippen LogP contribution in [0.2, 0.25) is 0 Å². The van der Waals surface area contributed by atoms with Gasteiger partial charge in [-0.15, -0.1) is 0 Å². The standard InChI is InChI=1S/C9H13NO2S/c1-7-3-8(2)5-9(4-7)6-10-13(11)12/h3-5,13H,6H2,1-2H3,(H,10,11,12). The summed E-state index contributed by atoms with van der Waals surface area (Å²) < 4.78 is 22.9. The number of benzene rings is 1. The Labute approximate surface area is 79.9 Å². The highest BCUT2D eigenvalue weighted by Gasteiger charge is 1.95. The van der Waals surface area contributed by atoms with Gasteiger partial charge in [0.05, 0.1) is 0 Å². The van der Waals surface area contributed by atoms with Crippen molar-refractivity contribution in [3.05, 3.63) is 34.9 Å². The van der Waals surface area contributed by atoms with Crippen LogP contribution >= 0.6 is 0 Å². The van der Waals surface area contributed by atoms with Gasteiger partial charge in [0.1, 0.15) is 0 Å². The minimum absolute atomic E-state index is 0.376. The van der Waals surface area contributed by atoms with Gasteiger partial charge in [0.25, 0.3) is 0 Å². The van der Waals surface area contributed by atoms with E-state index in [1.54, 1.807) is 0 Å². The van der Waals surface area contributed by atoms with E-state index in [0.29, 0.717) is 6.54 Å². The van der Waals surface area contributed by atoms with E-state index in [0.717, 1.165) is 16.7 Å². The lowest BCUT2D eigenvalue weighted by molar-refractivity contribution is 0.601. The molecule has 1 aromatic rings. The lowest BCUT2D eigenvalue weighted by Gasteiger charge is -2.02. The van der Waals surface area contributed by atoms with Crippen LogP contribution in [0.4, 0.5) is 0 Å². The van der Waals surface area contributed by atoms with Gasteiger partial charge in [-0.05, 0) is 19.4 Å². The van der Waals surface area contributed by atoms with Crippen molar-refractivity contribution in [2.24, 2.45) is 0 Å². The number of nitrogens with one attached hydrogen (secondary N) is 1. The number of hydrogen-bond donors (Lipinski definition) is 2. The van der Waals surface area contributed by atoms with Crippen LogP contribution in [0.5, 0.6) is 0 Å². The SMILES string of the molecule is Cc1cc(C)cc(CN[SH](=O)=O)c1. The van der Waals surface area contributed by atoms with Gasteiger partial charge in [0.15, 0.2) is 0 Å². The third-order valence-electron chi connectivity index (χ3n) is 1.69. The fraction of sp³-hybridized carbons (Fsp3) is 0.333. The summed E-state index contributed by atoms with van der Waals surface area (Å²) in [7, 11) is -2.49. The van der Waals surface area contributed by atoms with E-state index in [-0.39, 0.29) is 0 Å². The Balaban J connectivity index is 2.77. The third-order valence-corrected chi connectivity index (χ3v) is 2.11. The molecule has 13 heavy (non-hydrogen) atoms. The Bertz CT molecular complexity index is 344. The number of hydrogen-bond acceptors (Lipinski definition) is 2. The monoisotopic (exact) mass is 199 g/mol. The first kappa shape index (κ1) is 10.2. The fourth-order valence-corrected chi connectivity index (χ4v) is 1.64. The second-order valence-corrected chi connectivity index (χ2v) is 3.92. The molecule has 0 saturated heterocycles. The summed E-state index contributed by atoms with van der Waals surface area (Å²) in [5.74, 6) is 0. The van der Waals surface area contributed by atoms with Crippen molar-refractivity contribution in [1.82, 2.24) is 4.72 Å². The number of aryl methyl sites for hydroxylation is 2. The van der Waals surface area contributed by atoms with E-state index >= 15 is 0 Å². The van der Waals surface area contributed by atoms with E-state index in [2.05, 4.69) is 10.8 Å². The van der Waals surface area contributed by atoms with Crippen molar-refractivity contribution in [2.45, 2.75) is 20.4 Å². The van der Waals surface area contributed by atoms with Crippen molar-refractivity contribution in [3.8, 4) is 0 Å². The van der Waals surface area contributed by atoms with Gasteiger partial charge < -0.3 is 0 Å². The van der Waals surface area contributed by atoms with Gasteiger partial charge >= 0.3 is 0 Å². The van der Waals surface area contributed by atoms with Crippen molar-refractivity contribution in [3.63, 3.8) is 0 Å². The molecule has 0 atom stereocenters. The molecule has 0 aliphatic heterocycles. The average Bonchev–Trinajstić information content (AvgIpc) is 1.99. The van der Waals surface area contributed by atoms with Crippen LogP contribution in [0, 0.1) is 13.8 Å². The zero-order chi connectivity index (χ0) is 9.84. The molecule has 3 nitrogen and oxygen atoms in total. The maximum atomic E-state index is 10.3. The summed E-state index contributed by atoms with van der Waals surface area (Å²) >= 11 is 0. The molecule has 0 radical (unpaired) electrons. The largest absolute Gasteiger partial charge is 0.216 e. The van der Waals surface area contributed by atoms with Crippen LogP contribution in [0.1, 0.15) is 16.7 Å². The summed E-state index contributed by atoms with van der Waals surface area (Å²) in [4.78, 5) is 0. The topological polar surface area (TPSA) is 46.2 Å². The molecule has 1 rings (SSSR count). The summed E-state index contributed by atoms with van der Waals surface area (Å²) in [6, 6.07) is 6.00. The third kappa shape index (κ3) is 3.57. The first-order valence-corrected chi connectivity index (χ1v) is 5.21. The maximum Gasteiger partial charge on any atom is 0.201 e. The zero-order valence-electron chi connectivity index (χ0n) is 7.70. The summed E-state index contributed by atoms with van der Waals surface area (Å²) in [5, 5.41) is 0. The molecule has 4 heteroatoms. The van der Waals surface area contributed by atoms with Crippen LogP contribution in [0.15, 0.2) is 18.2 Å². The van der Waals surface area contributed by atoms with E-state index in [4.69, 9.17) is 0 Å². The normalized spacial score (nSPS) is 10.7. The molecule has 0 spiro atoms. The molecule has 72 valence electrons. The fourth-order valence-electron chi connectivity index (χ4n) is 1.33. The van der Waals surface area contributed by atoms with Crippen molar-refractivity contribution in [2.75, 3.05) is 0 Å². The Morgan fingerprint density at radius 3 is 2.15 bits per heavy atom. The number of thiol groups is 1. The van der Waals surface area contributed by atoms with Gasteiger partial charge in [-0.3, -0.25) is 0 Å². The lowest BCUT2D eigenvalue weighted by atomic mass is 10.1. The first-order valence-electron chi connectivity index (χ1n) is 4.03. The summed E-state index contributed by atoms with van der Waals surface area (Å²) in [6.07, 6.45) is 0. The molecule has 0 fully saturated rings. The molecule has 0 aliphatic rings. The van der Waals surface area contributed by atoms with E-state index in [1.165, 1.54) is 0 Å². The van der Waals surface area contributed by atoms with Gasteiger partial charge in [0.2, 0.25) is 10.9 Å². The second kappa shape index (κ2) is 4.39. The summed E-state index contributed by atoms with van der Waals surface area (Å²) in [6.45, 7) is 4.36. The Morgan fingerprint density at radius 1 is 1.15 bits per heavy atom. The first-order chi connectivity index (χ1) is 6.08. The number of rotatable bonds is 3. The summed E-state index contributed by atoms with van der Waals surface area (Å²) in [5.41, 5.74) is 3.30. The van der Waals surface area contributed by atoms with Gasteiger partial charge in [0, 0.05) is 6.54 Å². The molecule has 0 unspecified atom stereocenters. The molecule has 1 aromatic carbocycles. The molecule has 1 N–H and O–H groups in total. The minimum Gasteiger partial charge on any atom is -0.216 e. The lowest BCUT2D eigenvalue weighted by Crippen LogP contribution is -2.10. The van der Waals surface area contributed by atoms with Crippen molar-refractivity contribution in [1.29, 1.82) is 0 Å². The molecule has 0 bridgehead atoms. The quantitative estimate of drug-likeness (QED) is 0.711. The van der Waals surface area contributed by atoms with Gasteiger partial charge in [-0.1, -0.05) is 29.3 Å². The highest BCUT2D eigenvalue weighted by molar-refractivity contribution is 7.70. The van der Waals surface area contributed by atoms with Crippen molar-refractivity contribution < 1.29 is 8.42 Å². The zero-order valence-corrected chi connectivity index (χ0v) is 8.60. The molecule has 0 saturated carbocycles. The van der Waals surface area contributed by atoms with Crippen LogP contribution in [0.25, 0.3) is 0 Å². The van der Waals surface area contributed by atoms with Crippen molar-refractivity contribution >= 4 is 10.9 Å². The highest BCUT2D eigenvalue weighted by atomic mass is 32.2. The van der Waals surface area contributed by atoms with E-state index < -0.39 is 10.9 Å². The minimum atomic E-state index is -2.49.